The summed E-state index contributed by atoms with van der Waals surface area (Å²) in [5.41, 5.74) is 2.32. The van der Waals surface area contributed by atoms with Crippen molar-refractivity contribution in [2.75, 3.05) is 6.79 Å². The third kappa shape index (κ3) is 3.26. The van der Waals surface area contributed by atoms with Gasteiger partial charge in [-0.1, -0.05) is 0 Å². The second kappa shape index (κ2) is 6.47. The molecule has 3 rings (SSSR count). The molecule has 1 N–H and O–H groups in total. The standard InChI is InChI=1S/C13H14BrN3O2.ClH/c1-17-7-10(6-16-17)5-15-4-9-2-11(14)13-12(3-9)18-8-19-13;/h2-3,6-7,15H,4-5,8H2,1H3;1H. The smallest absolute Gasteiger partial charge is 0.231 e. The normalized spacial score (nSPS) is 12.3. The van der Waals surface area contributed by atoms with Crippen molar-refractivity contribution < 1.29 is 9.47 Å². The van der Waals surface area contributed by atoms with Crippen molar-refractivity contribution in [1.29, 1.82) is 0 Å². The van der Waals surface area contributed by atoms with E-state index in [1.807, 2.05) is 31.6 Å². The average molecular weight is 361 g/mol. The molecule has 0 amide bonds. The molecule has 2 aromatic rings. The van der Waals surface area contributed by atoms with E-state index in [0.29, 0.717) is 6.79 Å². The summed E-state index contributed by atoms with van der Waals surface area (Å²) in [6.07, 6.45) is 3.87. The van der Waals surface area contributed by atoms with Crippen molar-refractivity contribution in [2.45, 2.75) is 13.1 Å². The lowest BCUT2D eigenvalue weighted by molar-refractivity contribution is 0.173. The summed E-state index contributed by atoms with van der Waals surface area (Å²) in [6.45, 7) is 1.85. The molecule has 108 valence electrons. The summed E-state index contributed by atoms with van der Waals surface area (Å²) >= 11 is 3.49. The first kappa shape index (κ1) is 15.2. The second-order valence-electron chi connectivity index (χ2n) is 4.44. The average Bonchev–Trinajstić information content (AvgIpc) is 2.98. The number of ether oxygens (including phenoxy) is 2. The molecule has 1 aliphatic heterocycles. The zero-order chi connectivity index (χ0) is 13.2. The minimum absolute atomic E-state index is 0. The monoisotopic (exact) mass is 359 g/mol. The fraction of sp³-hybridized carbons (Fsp3) is 0.308. The van der Waals surface area contributed by atoms with Crippen LogP contribution in [-0.4, -0.2) is 16.6 Å². The van der Waals surface area contributed by atoms with E-state index in [9.17, 15) is 0 Å². The first-order valence-corrected chi connectivity index (χ1v) is 6.78. The molecular weight excluding hydrogens is 346 g/mol. The summed E-state index contributed by atoms with van der Waals surface area (Å²) in [5, 5.41) is 7.52. The first-order chi connectivity index (χ1) is 9.22. The zero-order valence-electron chi connectivity index (χ0n) is 10.9. The van der Waals surface area contributed by atoms with Crippen LogP contribution in [0.5, 0.6) is 11.5 Å². The summed E-state index contributed by atoms with van der Waals surface area (Å²) < 4.78 is 13.5. The molecule has 0 atom stereocenters. The van der Waals surface area contributed by atoms with E-state index in [1.165, 1.54) is 5.56 Å². The molecule has 1 aromatic carbocycles. The van der Waals surface area contributed by atoms with Crippen molar-refractivity contribution in [3.63, 3.8) is 0 Å². The van der Waals surface area contributed by atoms with Gasteiger partial charge < -0.3 is 14.8 Å². The van der Waals surface area contributed by atoms with Crippen molar-refractivity contribution in [2.24, 2.45) is 7.05 Å². The van der Waals surface area contributed by atoms with E-state index in [4.69, 9.17) is 9.47 Å². The highest BCUT2D eigenvalue weighted by molar-refractivity contribution is 9.10. The Morgan fingerprint density at radius 3 is 2.85 bits per heavy atom. The summed E-state index contributed by atoms with van der Waals surface area (Å²) in [5.74, 6) is 1.59. The van der Waals surface area contributed by atoms with E-state index in [1.54, 1.807) is 4.68 Å². The second-order valence-corrected chi connectivity index (χ2v) is 5.29. The summed E-state index contributed by atoms with van der Waals surface area (Å²) in [6, 6.07) is 4.05. The van der Waals surface area contributed by atoms with Gasteiger partial charge in [0.25, 0.3) is 0 Å². The number of fused-ring (bicyclic) bond motifs is 1. The van der Waals surface area contributed by atoms with Crippen LogP contribution in [0.25, 0.3) is 0 Å². The molecule has 0 bridgehead atoms. The minimum atomic E-state index is 0. The van der Waals surface area contributed by atoms with Crippen LogP contribution >= 0.6 is 28.3 Å². The number of benzene rings is 1. The van der Waals surface area contributed by atoms with Crippen LogP contribution in [0.1, 0.15) is 11.1 Å². The topological polar surface area (TPSA) is 48.3 Å². The Labute approximate surface area is 131 Å². The van der Waals surface area contributed by atoms with Gasteiger partial charge in [-0.05, 0) is 33.6 Å². The number of nitrogens with zero attached hydrogens (tertiary/aromatic N) is 2. The predicted molar refractivity (Wildman–Crippen MR) is 81.3 cm³/mol. The maximum atomic E-state index is 5.39. The Morgan fingerprint density at radius 2 is 2.10 bits per heavy atom. The third-order valence-electron chi connectivity index (χ3n) is 2.90. The van der Waals surface area contributed by atoms with Gasteiger partial charge in [-0.25, -0.2) is 0 Å². The highest BCUT2D eigenvalue weighted by Crippen LogP contribution is 2.39. The lowest BCUT2D eigenvalue weighted by Crippen LogP contribution is -2.12. The number of rotatable bonds is 4. The van der Waals surface area contributed by atoms with Gasteiger partial charge >= 0.3 is 0 Å². The SMILES string of the molecule is Cl.Cn1cc(CNCc2cc(Br)c3c(c2)OCO3)cn1. The van der Waals surface area contributed by atoms with Crippen LogP contribution in [0.4, 0.5) is 0 Å². The van der Waals surface area contributed by atoms with Gasteiger partial charge in [0.2, 0.25) is 6.79 Å². The molecule has 1 aliphatic rings. The third-order valence-corrected chi connectivity index (χ3v) is 3.49. The highest BCUT2D eigenvalue weighted by Gasteiger charge is 2.17. The van der Waals surface area contributed by atoms with Gasteiger partial charge in [-0.3, -0.25) is 4.68 Å². The zero-order valence-corrected chi connectivity index (χ0v) is 13.3. The Balaban J connectivity index is 0.00000147. The Kier molecular flexibility index (Phi) is 4.91. The molecule has 0 unspecified atom stereocenters. The van der Waals surface area contributed by atoms with Crippen LogP contribution in [0.3, 0.4) is 0 Å². The largest absolute Gasteiger partial charge is 0.454 e. The Hall–Kier alpha value is -1.24. The first-order valence-electron chi connectivity index (χ1n) is 5.98. The van der Waals surface area contributed by atoms with Gasteiger partial charge in [0.05, 0.1) is 10.7 Å². The Bertz CT molecular complexity index is 603. The predicted octanol–water partition coefficient (Wildman–Crippen LogP) is 2.62. The number of aromatic nitrogens is 2. The number of hydrogen-bond donors (Lipinski definition) is 1. The van der Waals surface area contributed by atoms with E-state index in [2.05, 4.69) is 26.3 Å². The van der Waals surface area contributed by atoms with Gasteiger partial charge in [0.15, 0.2) is 11.5 Å². The lowest BCUT2D eigenvalue weighted by atomic mass is 10.2. The van der Waals surface area contributed by atoms with Crippen LogP contribution in [0.15, 0.2) is 29.0 Å². The molecule has 0 saturated heterocycles. The molecule has 0 radical (unpaired) electrons. The minimum Gasteiger partial charge on any atom is -0.454 e. The molecule has 7 heteroatoms. The molecule has 0 aliphatic carbocycles. The van der Waals surface area contributed by atoms with Crippen molar-refractivity contribution in [3.8, 4) is 11.5 Å². The number of hydrogen-bond acceptors (Lipinski definition) is 4. The Morgan fingerprint density at radius 1 is 1.30 bits per heavy atom. The molecule has 1 aromatic heterocycles. The number of halogens is 2. The molecular formula is C13H15BrClN3O2. The van der Waals surface area contributed by atoms with Crippen LogP contribution in [0.2, 0.25) is 0 Å². The summed E-state index contributed by atoms with van der Waals surface area (Å²) in [4.78, 5) is 0. The van der Waals surface area contributed by atoms with Gasteiger partial charge in [-0.15, -0.1) is 12.4 Å². The van der Waals surface area contributed by atoms with Crippen LogP contribution in [0, 0.1) is 0 Å². The van der Waals surface area contributed by atoms with Gasteiger partial charge in [0, 0.05) is 31.9 Å². The van der Waals surface area contributed by atoms with E-state index < -0.39 is 0 Å². The van der Waals surface area contributed by atoms with Gasteiger partial charge in [-0.2, -0.15) is 5.10 Å². The highest BCUT2D eigenvalue weighted by atomic mass is 79.9. The molecule has 0 saturated carbocycles. The van der Waals surface area contributed by atoms with Crippen LogP contribution in [-0.2, 0) is 20.1 Å². The molecule has 0 spiro atoms. The molecule has 2 heterocycles. The van der Waals surface area contributed by atoms with Crippen molar-refractivity contribution in [3.05, 3.63) is 40.1 Å². The van der Waals surface area contributed by atoms with Crippen molar-refractivity contribution in [1.82, 2.24) is 15.1 Å². The molecule has 0 fully saturated rings. The van der Waals surface area contributed by atoms with E-state index >= 15 is 0 Å². The van der Waals surface area contributed by atoms with E-state index in [0.717, 1.165) is 34.6 Å². The van der Waals surface area contributed by atoms with Crippen LogP contribution < -0.4 is 14.8 Å². The number of aryl methyl sites for hydroxylation is 1. The maximum absolute atomic E-state index is 5.39. The number of nitrogens with one attached hydrogen (secondary N) is 1. The molecule has 5 nitrogen and oxygen atoms in total. The fourth-order valence-corrected chi connectivity index (χ4v) is 2.64. The fourth-order valence-electron chi connectivity index (χ4n) is 2.04. The summed E-state index contributed by atoms with van der Waals surface area (Å²) in [7, 11) is 1.92. The maximum Gasteiger partial charge on any atom is 0.231 e. The van der Waals surface area contributed by atoms with Gasteiger partial charge in [0.1, 0.15) is 0 Å². The quantitative estimate of drug-likeness (QED) is 0.910. The lowest BCUT2D eigenvalue weighted by Gasteiger charge is -2.06. The van der Waals surface area contributed by atoms with Crippen molar-refractivity contribution >= 4 is 28.3 Å². The molecule has 20 heavy (non-hydrogen) atoms. The van der Waals surface area contributed by atoms with E-state index in [-0.39, 0.29) is 12.4 Å².